The van der Waals surface area contributed by atoms with E-state index in [0.717, 1.165) is 39.3 Å². The first-order chi connectivity index (χ1) is 9.36. The summed E-state index contributed by atoms with van der Waals surface area (Å²) in [5.74, 6) is 1.16. The molecule has 2 aliphatic heterocycles. The Morgan fingerprint density at radius 1 is 1.42 bits per heavy atom. The van der Waals surface area contributed by atoms with Gasteiger partial charge in [0.1, 0.15) is 5.60 Å². The summed E-state index contributed by atoms with van der Waals surface area (Å²) < 4.78 is 11.6. The highest BCUT2D eigenvalue weighted by molar-refractivity contribution is 5.22. The van der Waals surface area contributed by atoms with E-state index >= 15 is 0 Å². The number of aromatic nitrogens is 2. The maximum atomic E-state index is 5.99. The Kier molecular flexibility index (Phi) is 3.91. The Morgan fingerprint density at radius 2 is 2.32 bits per heavy atom. The van der Waals surface area contributed by atoms with E-state index in [9.17, 15) is 0 Å². The Morgan fingerprint density at radius 3 is 3.21 bits per heavy atom. The van der Waals surface area contributed by atoms with E-state index in [0.29, 0.717) is 18.5 Å². The van der Waals surface area contributed by atoms with Crippen LogP contribution >= 0.6 is 0 Å². The molecule has 104 valence electrons. The van der Waals surface area contributed by atoms with Crippen molar-refractivity contribution >= 4 is 5.95 Å². The standard InChI is InChI=1S/C13H20N4O2/c1-2-15-12(16-3-1)17-7-11-6-13(19-8-11)9-14-4-5-18-10-13/h1-3,11,14H,4-10H2,(H,15,16,17)/t11-,13+/m0/s1. The molecule has 0 aromatic carbocycles. The van der Waals surface area contributed by atoms with Crippen molar-refractivity contribution < 1.29 is 9.47 Å². The molecule has 2 aliphatic rings. The Bertz CT molecular complexity index is 393. The smallest absolute Gasteiger partial charge is 0.222 e. The van der Waals surface area contributed by atoms with Crippen LogP contribution in [0, 0.1) is 5.92 Å². The molecule has 0 radical (unpaired) electrons. The molecule has 0 unspecified atom stereocenters. The molecule has 0 amide bonds. The number of ether oxygens (including phenoxy) is 2. The zero-order valence-electron chi connectivity index (χ0n) is 11.0. The molecule has 0 saturated carbocycles. The number of hydrogen-bond donors (Lipinski definition) is 2. The second-order valence-corrected chi connectivity index (χ2v) is 5.25. The summed E-state index contributed by atoms with van der Waals surface area (Å²) in [6.07, 6.45) is 4.50. The van der Waals surface area contributed by atoms with Gasteiger partial charge in [-0.2, -0.15) is 0 Å². The summed E-state index contributed by atoms with van der Waals surface area (Å²) in [5, 5.41) is 6.64. The van der Waals surface area contributed by atoms with E-state index in [4.69, 9.17) is 9.47 Å². The normalized spacial score (nSPS) is 31.3. The maximum Gasteiger partial charge on any atom is 0.222 e. The van der Waals surface area contributed by atoms with Crippen LogP contribution in [0.3, 0.4) is 0 Å². The minimum atomic E-state index is -0.139. The Hall–Kier alpha value is -1.24. The molecule has 1 spiro atoms. The molecule has 1 aromatic rings. The molecule has 2 fully saturated rings. The average Bonchev–Trinajstić information content (AvgIpc) is 2.70. The van der Waals surface area contributed by atoms with Crippen LogP contribution in [0.1, 0.15) is 6.42 Å². The first kappa shape index (κ1) is 12.8. The molecule has 3 heterocycles. The highest BCUT2D eigenvalue weighted by Gasteiger charge is 2.41. The Labute approximate surface area is 112 Å². The molecule has 6 nitrogen and oxygen atoms in total. The maximum absolute atomic E-state index is 5.99. The lowest BCUT2D eigenvalue weighted by atomic mass is 9.95. The van der Waals surface area contributed by atoms with Crippen LogP contribution in [0.2, 0.25) is 0 Å². The van der Waals surface area contributed by atoms with Gasteiger partial charge in [0, 0.05) is 37.9 Å². The van der Waals surface area contributed by atoms with Crippen LogP contribution in [-0.2, 0) is 9.47 Å². The van der Waals surface area contributed by atoms with Gasteiger partial charge in [-0.05, 0) is 12.5 Å². The summed E-state index contributed by atoms with van der Waals surface area (Å²) >= 11 is 0. The average molecular weight is 264 g/mol. The monoisotopic (exact) mass is 264 g/mol. The molecule has 0 aliphatic carbocycles. The van der Waals surface area contributed by atoms with Crippen molar-refractivity contribution in [1.82, 2.24) is 15.3 Å². The van der Waals surface area contributed by atoms with Crippen molar-refractivity contribution in [1.29, 1.82) is 0 Å². The molecule has 2 N–H and O–H groups in total. The van der Waals surface area contributed by atoms with Gasteiger partial charge < -0.3 is 20.1 Å². The van der Waals surface area contributed by atoms with Crippen LogP contribution in [0.25, 0.3) is 0 Å². The van der Waals surface area contributed by atoms with Gasteiger partial charge in [-0.3, -0.25) is 0 Å². The lowest BCUT2D eigenvalue weighted by Gasteiger charge is -2.25. The zero-order valence-corrected chi connectivity index (χ0v) is 11.0. The highest BCUT2D eigenvalue weighted by atomic mass is 16.5. The van der Waals surface area contributed by atoms with Gasteiger partial charge in [0.05, 0.1) is 19.8 Å². The van der Waals surface area contributed by atoms with Gasteiger partial charge in [-0.1, -0.05) is 0 Å². The quantitative estimate of drug-likeness (QED) is 0.817. The van der Waals surface area contributed by atoms with E-state index in [1.807, 2.05) is 6.07 Å². The topological polar surface area (TPSA) is 68.3 Å². The summed E-state index contributed by atoms with van der Waals surface area (Å²) in [5.41, 5.74) is -0.139. The lowest BCUT2D eigenvalue weighted by molar-refractivity contribution is -0.0471. The molecule has 2 atom stereocenters. The summed E-state index contributed by atoms with van der Waals surface area (Å²) in [4.78, 5) is 8.32. The summed E-state index contributed by atoms with van der Waals surface area (Å²) in [6, 6.07) is 1.81. The first-order valence-corrected chi connectivity index (χ1v) is 6.80. The van der Waals surface area contributed by atoms with Gasteiger partial charge in [0.25, 0.3) is 0 Å². The molecule has 1 aromatic heterocycles. The van der Waals surface area contributed by atoms with E-state index < -0.39 is 0 Å². The van der Waals surface area contributed by atoms with Gasteiger partial charge >= 0.3 is 0 Å². The molecule has 3 rings (SSSR count). The van der Waals surface area contributed by atoms with E-state index in [1.165, 1.54) is 0 Å². The molecule has 19 heavy (non-hydrogen) atoms. The number of rotatable bonds is 3. The van der Waals surface area contributed by atoms with Crippen LogP contribution < -0.4 is 10.6 Å². The van der Waals surface area contributed by atoms with Crippen molar-refractivity contribution in [2.24, 2.45) is 5.92 Å². The van der Waals surface area contributed by atoms with Crippen LogP contribution in [0.5, 0.6) is 0 Å². The van der Waals surface area contributed by atoms with Gasteiger partial charge in [-0.25, -0.2) is 9.97 Å². The van der Waals surface area contributed by atoms with Gasteiger partial charge in [0.15, 0.2) is 0 Å². The van der Waals surface area contributed by atoms with Crippen LogP contribution in [0.4, 0.5) is 5.95 Å². The second-order valence-electron chi connectivity index (χ2n) is 5.25. The largest absolute Gasteiger partial charge is 0.377 e. The molecular formula is C13H20N4O2. The fourth-order valence-corrected chi connectivity index (χ4v) is 2.69. The fourth-order valence-electron chi connectivity index (χ4n) is 2.69. The van der Waals surface area contributed by atoms with Gasteiger partial charge in [0.2, 0.25) is 5.95 Å². The van der Waals surface area contributed by atoms with Crippen LogP contribution in [0.15, 0.2) is 18.5 Å². The predicted octanol–water partition coefficient (Wildman–Crippen LogP) is 0.284. The third-order valence-electron chi connectivity index (χ3n) is 3.64. The van der Waals surface area contributed by atoms with E-state index in [1.54, 1.807) is 12.4 Å². The van der Waals surface area contributed by atoms with E-state index in [2.05, 4.69) is 20.6 Å². The minimum absolute atomic E-state index is 0.139. The summed E-state index contributed by atoms with van der Waals surface area (Å²) in [6.45, 7) is 4.86. The second kappa shape index (κ2) is 5.81. The van der Waals surface area contributed by atoms with Crippen molar-refractivity contribution in [3.05, 3.63) is 18.5 Å². The highest BCUT2D eigenvalue weighted by Crippen LogP contribution is 2.30. The fraction of sp³-hybridized carbons (Fsp3) is 0.692. The zero-order chi connectivity index (χ0) is 13.0. The SMILES string of the molecule is c1cnc(NC[C@H]2CO[C@@]3(CNCCOC3)C2)nc1. The third kappa shape index (κ3) is 3.20. The molecule has 2 saturated heterocycles. The molecule has 0 bridgehead atoms. The number of nitrogens with one attached hydrogen (secondary N) is 2. The number of nitrogens with zero attached hydrogens (tertiary/aromatic N) is 2. The van der Waals surface area contributed by atoms with Crippen molar-refractivity contribution in [2.45, 2.75) is 12.0 Å². The van der Waals surface area contributed by atoms with Crippen molar-refractivity contribution in [3.63, 3.8) is 0 Å². The lowest BCUT2D eigenvalue weighted by Crippen LogP contribution is -2.42. The van der Waals surface area contributed by atoms with Gasteiger partial charge in [-0.15, -0.1) is 0 Å². The Balaban J connectivity index is 1.51. The minimum Gasteiger partial charge on any atom is -0.377 e. The van der Waals surface area contributed by atoms with Crippen molar-refractivity contribution in [3.8, 4) is 0 Å². The molecule has 6 heteroatoms. The number of hydrogen-bond acceptors (Lipinski definition) is 6. The van der Waals surface area contributed by atoms with Crippen molar-refractivity contribution in [2.75, 3.05) is 44.8 Å². The number of anilines is 1. The third-order valence-corrected chi connectivity index (χ3v) is 3.64. The van der Waals surface area contributed by atoms with E-state index in [-0.39, 0.29) is 5.60 Å². The molecular weight excluding hydrogens is 244 g/mol. The summed E-state index contributed by atoms with van der Waals surface area (Å²) in [7, 11) is 0. The first-order valence-electron chi connectivity index (χ1n) is 6.80. The van der Waals surface area contributed by atoms with Crippen LogP contribution in [-0.4, -0.2) is 55.0 Å². The predicted molar refractivity (Wildman–Crippen MR) is 71.0 cm³/mol.